The smallest absolute Gasteiger partial charge is 0.272 e. The highest BCUT2D eigenvalue weighted by Crippen LogP contribution is 2.38. The van der Waals surface area contributed by atoms with E-state index in [-0.39, 0.29) is 24.3 Å². The van der Waals surface area contributed by atoms with Crippen LogP contribution in [0.4, 0.5) is 5.69 Å². The van der Waals surface area contributed by atoms with Gasteiger partial charge in [0.05, 0.1) is 11.1 Å². The van der Waals surface area contributed by atoms with E-state index in [9.17, 15) is 19.5 Å². The van der Waals surface area contributed by atoms with Gasteiger partial charge in [0.2, 0.25) is 18.0 Å². The van der Waals surface area contributed by atoms with Crippen molar-refractivity contribution in [2.24, 2.45) is 22.2 Å². The summed E-state index contributed by atoms with van der Waals surface area (Å²) >= 11 is 0. The number of amides is 3. The lowest BCUT2D eigenvalue weighted by molar-refractivity contribution is -0.136. The third kappa shape index (κ3) is 5.58. The Morgan fingerprint density at radius 2 is 1.83 bits per heavy atom. The molecule has 35 heavy (non-hydrogen) atoms. The molecule has 1 heterocycles. The topological polar surface area (TPSA) is 111 Å². The number of para-hydroxylation sites is 1. The summed E-state index contributed by atoms with van der Waals surface area (Å²) in [6.07, 6.45) is 7.11. The summed E-state index contributed by atoms with van der Waals surface area (Å²) in [5.41, 5.74) is 0.883. The van der Waals surface area contributed by atoms with Gasteiger partial charge in [-0.1, -0.05) is 57.7 Å². The van der Waals surface area contributed by atoms with Gasteiger partial charge in [-0.3, -0.25) is 19.4 Å². The quantitative estimate of drug-likeness (QED) is 0.529. The predicted molar refractivity (Wildman–Crippen MR) is 135 cm³/mol. The number of aliphatic hydroxyl groups excluding tert-OH is 1. The summed E-state index contributed by atoms with van der Waals surface area (Å²) < 4.78 is 0. The minimum absolute atomic E-state index is 0.137. The van der Waals surface area contributed by atoms with E-state index in [1.54, 1.807) is 25.0 Å². The van der Waals surface area contributed by atoms with E-state index in [0.29, 0.717) is 25.3 Å². The first-order valence-electron chi connectivity index (χ1n) is 13.0. The number of carbonyl (C=O) groups excluding carboxylic acids is 3. The number of hydrogen-bond acceptors (Lipinski definition) is 5. The van der Waals surface area contributed by atoms with Crippen LogP contribution in [0.25, 0.3) is 0 Å². The van der Waals surface area contributed by atoms with E-state index in [2.05, 4.69) is 15.6 Å². The van der Waals surface area contributed by atoms with Crippen LogP contribution in [0.3, 0.4) is 0 Å². The molecule has 1 unspecified atom stereocenters. The molecule has 4 rings (SSSR count). The lowest BCUT2D eigenvalue weighted by Crippen LogP contribution is -2.55. The molecule has 3 N–H and O–H groups in total. The van der Waals surface area contributed by atoms with Gasteiger partial charge in [-0.25, -0.2) is 0 Å². The van der Waals surface area contributed by atoms with Crippen molar-refractivity contribution in [3.8, 4) is 0 Å². The van der Waals surface area contributed by atoms with Crippen LogP contribution in [0.5, 0.6) is 0 Å². The Kier molecular flexibility index (Phi) is 7.89. The highest BCUT2D eigenvalue weighted by molar-refractivity contribution is 6.06. The average Bonchev–Trinajstić information content (AvgIpc) is 3.53. The van der Waals surface area contributed by atoms with Gasteiger partial charge < -0.3 is 20.6 Å². The zero-order valence-electron chi connectivity index (χ0n) is 20.8. The molecular formula is C27H38N4O4. The maximum absolute atomic E-state index is 13.7. The molecule has 0 radical (unpaired) electrons. The van der Waals surface area contributed by atoms with E-state index in [4.69, 9.17) is 0 Å². The van der Waals surface area contributed by atoms with Crippen LogP contribution in [-0.2, 0) is 14.4 Å². The number of nitrogens with zero attached hydrogens (tertiary/aromatic N) is 2. The molecule has 2 saturated carbocycles. The fraction of sp³-hybridized carbons (Fsp3) is 0.630. The maximum Gasteiger partial charge on any atom is 0.272 e. The molecule has 2 aliphatic carbocycles. The van der Waals surface area contributed by atoms with Gasteiger partial charge in [0.15, 0.2) is 0 Å². The molecule has 3 amide bonds. The van der Waals surface area contributed by atoms with Gasteiger partial charge in [-0.05, 0) is 43.6 Å². The van der Waals surface area contributed by atoms with Gasteiger partial charge >= 0.3 is 0 Å². The van der Waals surface area contributed by atoms with Crippen LogP contribution >= 0.6 is 0 Å². The van der Waals surface area contributed by atoms with Crippen molar-refractivity contribution >= 4 is 29.6 Å². The highest BCUT2D eigenvalue weighted by atomic mass is 16.3. The number of anilines is 1. The zero-order chi connectivity index (χ0) is 25.0. The summed E-state index contributed by atoms with van der Waals surface area (Å²) in [6.45, 7) is 4.30. The van der Waals surface area contributed by atoms with Crippen molar-refractivity contribution in [3.05, 3.63) is 29.8 Å². The van der Waals surface area contributed by atoms with Crippen LogP contribution in [0.2, 0.25) is 0 Å². The molecule has 0 aromatic heterocycles. The number of fused-ring (bicyclic) bond motifs is 1. The molecule has 0 spiro atoms. The van der Waals surface area contributed by atoms with E-state index < -0.39 is 23.6 Å². The minimum Gasteiger partial charge on any atom is -0.383 e. The molecule has 1 aromatic rings. The van der Waals surface area contributed by atoms with E-state index >= 15 is 0 Å². The van der Waals surface area contributed by atoms with Crippen molar-refractivity contribution in [2.45, 2.75) is 77.5 Å². The number of benzene rings is 1. The molecule has 8 nitrogen and oxygen atoms in total. The van der Waals surface area contributed by atoms with Gasteiger partial charge in [0.25, 0.3) is 5.91 Å². The first-order chi connectivity index (χ1) is 16.8. The van der Waals surface area contributed by atoms with Gasteiger partial charge in [0, 0.05) is 24.9 Å². The first-order valence-corrected chi connectivity index (χ1v) is 13.0. The number of rotatable bonds is 8. The highest BCUT2D eigenvalue weighted by Gasteiger charge is 2.44. The second kappa shape index (κ2) is 10.9. The average molecular weight is 483 g/mol. The molecule has 1 aromatic carbocycles. The number of carbonyl (C=O) groups is 3. The Labute approximate surface area is 207 Å². The normalized spacial score (nSPS) is 22.7. The molecule has 8 heteroatoms. The number of nitrogens with one attached hydrogen (secondary N) is 2. The van der Waals surface area contributed by atoms with Gasteiger partial charge in [0.1, 0.15) is 6.10 Å². The Hall–Kier alpha value is -2.74. The summed E-state index contributed by atoms with van der Waals surface area (Å²) in [5.74, 6) is -0.727. The van der Waals surface area contributed by atoms with E-state index in [0.717, 1.165) is 36.9 Å². The molecule has 190 valence electrons. The lowest BCUT2D eigenvalue weighted by Gasteiger charge is -2.32. The molecule has 0 bridgehead atoms. The van der Waals surface area contributed by atoms with Crippen molar-refractivity contribution in [2.75, 3.05) is 18.0 Å². The van der Waals surface area contributed by atoms with Crippen molar-refractivity contribution in [1.82, 2.24) is 10.6 Å². The van der Waals surface area contributed by atoms with Crippen molar-refractivity contribution in [3.63, 3.8) is 0 Å². The van der Waals surface area contributed by atoms with Crippen LogP contribution in [0.1, 0.15) is 70.8 Å². The number of aliphatic imine (C=N–C) groups is 1. The number of aliphatic hydroxyl groups is 1. The number of hydrogen-bond donors (Lipinski definition) is 3. The molecule has 2 fully saturated rings. The van der Waals surface area contributed by atoms with Crippen LogP contribution < -0.4 is 15.5 Å². The zero-order valence-corrected chi connectivity index (χ0v) is 20.8. The van der Waals surface area contributed by atoms with Crippen LogP contribution in [0.15, 0.2) is 29.3 Å². The Bertz CT molecular complexity index is 964. The predicted octanol–water partition coefficient (Wildman–Crippen LogP) is 2.78. The Morgan fingerprint density at radius 3 is 2.51 bits per heavy atom. The van der Waals surface area contributed by atoms with Crippen LogP contribution in [-0.4, -0.2) is 54.4 Å². The molecule has 3 aliphatic rings. The molecule has 0 saturated heterocycles. The standard InChI is InChI=1S/C27H38N4O4/c1-18(2)22(32)24(33)29-17-27(13-7-8-14-27)26(35)30-23-25(34)31(16-19-9-3-4-10-19)21-12-6-5-11-20(21)15-28-23/h5-6,11-12,15,18-19,22-23,32H,3-4,7-10,13-14,16-17H2,1-2H3,(H,29,33)(H,30,35)/t22-,23?/m0/s1. The Balaban J connectivity index is 1.51. The van der Waals surface area contributed by atoms with E-state index in [1.807, 2.05) is 24.3 Å². The first kappa shape index (κ1) is 25.4. The van der Waals surface area contributed by atoms with Gasteiger partial charge in [-0.2, -0.15) is 0 Å². The minimum atomic E-state index is -1.12. The molecular weight excluding hydrogens is 444 g/mol. The van der Waals surface area contributed by atoms with Crippen molar-refractivity contribution in [1.29, 1.82) is 0 Å². The summed E-state index contributed by atoms with van der Waals surface area (Å²) in [4.78, 5) is 45.9. The second-order valence-electron chi connectivity index (χ2n) is 10.7. The number of benzodiazepines with no additional fused rings is 1. The van der Waals surface area contributed by atoms with E-state index in [1.165, 1.54) is 12.8 Å². The monoisotopic (exact) mass is 482 g/mol. The fourth-order valence-corrected chi connectivity index (χ4v) is 5.54. The lowest BCUT2D eigenvalue weighted by atomic mass is 9.84. The largest absolute Gasteiger partial charge is 0.383 e. The summed E-state index contributed by atoms with van der Waals surface area (Å²) in [6, 6.07) is 7.71. The maximum atomic E-state index is 13.7. The molecule has 1 aliphatic heterocycles. The van der Waals surface area contributed by atoms with Gasteiger partial charge in [-0.15, -0.1) is 0 Å². The SMILES string of the molecule is CC(C)[C@H](O)C(=O)NCC1(C(=O)NC2N=Cc3ccccc3N(CC3CCCC3)C2=O)CCCC1. The molecule has 2 atom stereocenters. The second-order valence-corrected chi connectivity index (χ2v) is 10.7. The summed E-state index contributed by atoms with van der Waals surface area (Å²) in [7, 11) is 0. The summed E-state index contributed by atoms with van der Waals surface area (Å²) in [5, 5.41) is 15.8. The fourth-order valence-electron chi connectivity index (χ4n) is 5.54. The Morgan fingerprint density at radius 1 is 1.14 bits per heavy atom. The van der Waals surface area contributed by atoms with Crippen molar-refractivity contribution < 1.29 is 19.5 Å². The third-order valence-corrected chi connectivity index (χ3v) is 7.82. The third-order valence-electron chi connectivity index (χ3n) is 7.82. The van der Waals surface area contributed by atoms with Crippen LogP contribution in [0, 0.1) is 17.3 Å².